The summed E-state index contributed by atoms with van der Waals surface area (Å²) in [5, 5.41) is 8.94. The molecule has 1 aliphatic rings. The van der Waals surface area contributed by atoms with Crippen LogP contribution < -0.4 is 4.90 Å². The van der Waals surface area contributed by atoms with Crippen molar-refractivity contribution in [3.05, 3.63) is 29.3 Å². The highest BCUT2D eigenvalue weighted by atomic mass is 16.5. The number of hydrogen-bond acceptors (Lipinski definition) is 3. The van der Waals surface area contributed by atoms with Crippen molar-refractivity contribution in [1.82, 2.24) is 0 Å². The SMILES string of the molecule is Cc1cc(N2CCOCC2(C)C)ccc1C#N. The summed E-state index contributed by atoms with van der Waals surface area (Å²) in [5.74, 6) is 0. The molecule has 0 spiro atoms. The van der Waals surface area contributed by atoms with Crippen molar-refractivity contribution < 1.29 is 4.74 Å². The Morgan fingerprint density at radius 2 is 2.18 bits per heavy atom. The molecule has 0 bridgehead atoms. The van der Waals surface area contributed by atoms with Crippen LogP contribution in [0.4, 0.5) is 5.69 Å². The van der Waals surface area contributed by atoms with E-state index in [-0.39, 0.29) is 5.54 Å². The molecule has 90 valence electrons. The molecule has 3 nitrogen and oxygen atoms in total. The standard InChI is InChI=1S/C14H18N2O/c1-11-8-13(5-4-12(11)9-15)16-6-7-17-10-14(16,2)3/h4-5,8H,6-7,10H2,1-3H3. The zero-order valence-electron chi connectivity index (χ0n) is 10.7. The fourth-order valence-electron chi connectivity index (χ4n) is 2.28. The first-order valence-corrected chi connectivity index (χ1v) is 5.91. The van der Waals surface area contributed by atoms with Gasteiger partial charge in [0.25, 0.3) is 0 Å². The topological polar surface area (TPSA) is 36.3 Å². The monoisotopic (exact) mass is 230 g/mol. The van der Waals surface area contributed by atoms with Crippen LogP contribution in [0.25, 0.3) is 0 Å². The highest BCUT2D eigenvalue weighted by Crippen LogP contribution is 2.28. The Morgan fingerprint density at radius 3 is 2.76 bits per heavy atom. The van der Waals surface area contributed by atoms with Gasteiger partial charge in [0.15, 0.2) is 0 Å². The van der Waals surface area contributed by atoms with Gasteiger partial charge in [0.05, 0.1) is 30.4 Å². The molecule has 1 fully saturated rings. The van der Waals surface area contributed by atoms with E-state index < -0.39 is 0 Å². The van der Waals surface area contributed by atoms with Gasteiger partial charge in [-0.2, -0.15) is 5.26 Å². The normalized spacial score (nSPS) is 18.8. The Labute approximate surface area is 103 Å². The van der Waals surface area contributed by atoms with E-state index in [9.17, 15) is 0 Å². The lowest BCUT2D eigenvalue weighted by molar-refractivity contribution is 0.0644. The van der Waals surface area contributed by atoms with Gasteiger partial charge in [-0.25, -0.2) is 0 Å². The number of rotatable bonds is 1. The number of anilines is 1. The van der Waals surface area contributed by atoms with Crippen molar-refractivity contribution in [3.8, 4) is 6.07 Å². The van der Waals surface area contributed by atoms with E-state index in [1.807, 2.05) is 19.1 Å². The van der Waals surface area contributed by atoms with Crippen molar-refractivity contribution >= 4 is 5.69 Å². The molecule has 1 saturated heterocycles. The molecule has 0 unspecified atom stereocenters. The van der Waals surface area contributed by atoms with Crippen molar-refractivity contribution in [1.29, 1.82) is 5.26 Å². The second-order valence-corrected chi connectivity index (χ2v) is 5.13. The molecule has 0 atom stereocenters. The van der Waals surface area contributed by atoms with Gasteiger partial charge < -0.3 is 9.64 Å². The van der Waals surface area contributed by atoms with Crippen LogP contribution in [0, 0.1) is 18.3 Å². The summed E-state index contributed by atoms with van der Waals surface area (Å²) in [7, 11) is 0. The third-order valence-electron chi connectivity index (χ3n) is 3.29. The van der Waals surface area contributed by atoms with Crippen LogP contribution in [-0.2, 0) is 4.74 Å². The predicted octanol–water partition coefficient (Wildman–Crippen LogP) is 2.48. The molecule has 0 saturated carbocycles. The quantitative estimate of drug-likeness (QED) is 0.743. The first-order valence-electron chi connectivity index (χ1n) is 5.91. The fraction of sp³-hybridized carbons (Fsp3) is 0.500. The summed E-state index contributed by atoms with van der Waals surface area (Å²) in [5.41, 5.74) is 2.97. The van der Waals surface area contributed by atoms with Crippen LogP contribution in [-0.4, -0.2) is 25.3 Å². The predicted molar refractivity (Wildman–Crippen MR) is 68.1 cm³/mol. The second-order valence-electron chi connectivity index (χ2n) is 5.13. The van der Waals surface area contributed by atoms with Crippen molar-refractivity contribution in [2.45, 2.75) is 26.3 Å². The first-order chi connectivity index (χ1) is 8.04. The number of nitriles is 1. The second kappa shape index (κ2) is 4.38. The Kier molecular flexibility index (Phi) is 3.08. The van der Waals surface area contributed by atoms with Crippen molar-refractivity contribution in [2.24, 2.45) is 0 Å². The zero-order valence-corrected chi connectivity index (χ0v) is 10.7. The van der Waals surface area contributed by atoms with Gasteiger partial charge in [-0.1, -0.05) is 0 Å². The van der Waals surface area contributed by atoms with Crippen LogP contribution in [0.3, 0.4) is 0 Å². The van der Waals surface area contributed by atoms with Gasteiger partial charge in [-0.05, 0) is 44.5 Å². The average molecular weight is 230 g/mol. The number of nitrogens with zero attached hydrogens (tertiary/aromatic N) is 2. The van der Waals surface area contributed by atoms with E-state index in [4.69, 9.17) is 10.00 Å². The van der Waals surface area contributed by atoms with E-state index in [0.717, 1.165) is 30.9 Å². The molecular weight excluding hydrogens is 212 g/mol. The average Bonchev–Trinajstić information content (AvgIpc) is 2.28. The lowest BCUT2D eigenvalue weighted by Crippen LogP contribution is -2.53. The molecule has 3 heteroatoms. The minimum absolute atomic E-state index is 0.0127. The number of benzene rings is 1. The molecule has 1 aromatic carbocycles. The van der Waals surface area contributed by atoms with Gasteiger partial charge in [0.2, 0.25) is 0 Å². The Bertz CT molecular complexity index is 460. The van der Waals surface area contributed by atoms with Gasteiger partial charge in [0, 0.05) is 12.2 Å². The molecule has 1 aliphatic heterocycles. The fourth-order valence-corrected chi connectivity index (χ4v) is 2.28. The third kappa shape index (κ3) is 2.27. The van der Waals surface area contributed by atoms with E-state index >= 15 is 0 Å². The Balaban J connectivity index is 2.34. The van der Waals surface area contributed by atoms with Crippen LogP contribution in [0.2, 0.25) is 0 Å². The maximum absolute atomic E-state index is 8.94. The van der Waals surface area contributed by atoms with E-state index in [0.29, 0.717) is 0 Å². The van der Waals surface area contributed by atoms with E-state index in [1.54, 1.807) is 0 Å². The van der Waals surface area contributed by atoms with E-state index in [2.05, 4.69) is 30.9 Å². The van der Waals surface area contributed by atoms with Gasteiger partial charge >= 0.3 is 0 Å². The first kappa shape index (κ1) is 11.9. The summed E-state index contributed by atoms with van der Waals surface area (Å²) in [6.45, 7) is 8.75. The molecular formula is C14H18N2O. The third-order valence-corrected chi connectivity index (χ3v) is 3.29. The van der Waals surface area contributed by atoms with Crippen LogP contribution in [0.1, 0.15) is 25.0 Å². The number of aryl methyl sites for hydroxylation is 1. The van der Waals surface area contributed by atoms with Gasteiger partial charge in [0.1, 0.15) is 0 Å². The smallest absolute Gasteiger partial charge is 0.0994 e. The van der Waals surface area contributed by atoms with Crippen molar-refractivity contribution in [2.75, 3.05) is 24.7 Å². The van der Waals surface area contributed by atoms with Crippen LogP contribution >= 0.6 is 0 Å². The highest BCUT2D eigenvalue weighted by molar-refractivity contribution is 5.55. The number of morpholine rings is 1. The largest absolute Gasteiger partial charge is 0.377 e. The molecule has 17 heavy (non-hydrogen) atoms. The molecule has 0 radical (unpaired) electrons. The van der Waals surface area contributed by atoms with Gasteiger partial charge in [-0.15, -0.1) is 0 Å². The summed E-state index contributed by atoms with van der Waals surface area (Å²) in [4.78, 5) is 2.35. The minimum atomic E-state index is 0.0127. The lowest BCUT2D eigenvalue weighted by atomic mass is 10.00. The molecule has 0 aliphatic carbocycles. The van der Waals surface area contributed by atoms with Crippen LogP contribution in [0.5, 0.6) is 0 Å². The van der Waals surface area contributed by atoms with Gasteiger partial charge in [-0.3, -0.25) is 0 Å². The van der Waals surface area contributed by atoms with E-state index in [1.165, 1.54) is 5.69 Å². The summed E-state index contributed by atoms with van der Waals surface area (Å²) >= 11 is 0. The summed E-state index contributed by atoms with van der Waals surface area (Å²) < 4.78 is 5.52. The molecule has 0 aromatic heterocycles. The molecule has 0 N–H and O–H groups in total. The number of hydrogen-bond donors (Lipinski definition) is 0. The molecule has 1 aromatic rings. The number of ether oxygens (including phenoxy) is 1. The molecule has 1 heterocycles. The zero-order chi connectivity index (χ0) is 12.5. The summed E-state index contributed by atoms with van der Waals surface area (Å²) in [6.07, 6.45) is 0. The van der Waals surface area contributed by atoms with Crippen LogP contribution in [0.15, 0.2) is 18.2 Å². The maximum Gasteiger partial charge on any atom is 0.0994 e. The van der Waals surface area contributed by atoms with Crippen molar-refractivity contribution in [3.63, 3.8) is 0 Å². The molecule has 0 amide bonds. The lowest BCUT2D eigenvalue weighted by Gasteiger charge is -2.44. The summed E-state index contributed by atoms with van der Waals surface area (Å²) in [6, 6.07) is 8.22. The molecule has 2 rings (SSSR count). The minimum Gasteiger partial charge on any atom is -0.377 e. The highest BCUT2D eigenvalue weighted by Gasteiger charge is 2.30. The Morgan fingerprint density at radius 1 is 1.41 bits per heavy atom. The Hall–Kier alpha value is -1.53. The maximum atomic E-state index is 8.94.